The molecule has 2 aromatic carbocycles. The molecule has 1 N–H and O–H groups in total. The highest BCUT2D eigenvalue weighted by molar-refractivity contribution is 9.10. The Morgan fingerprint density at radius 3 is 2.60 bits per heavy atom. The molecule has 4 rings (SSSR count). The predicted molar refractivity (Wildman–Crippen MR) is 105 cm³/mol. The van der Waals surface area contributed by atoms with E-state index in [0.29, 0.717) is 11.3 Å². The Hall–Kier alpha value is -2.57. The van der Waals surface area contributed by atoms with Crippen molar-refractivity contribution in [1.29, 1.82) is 0 Å². The lowest BCUT2D eigenvalue weighted by Crippen LogP contribution is -2.13. The number of nitrogens with zero attached hydrogens (tertiary/aromatic N) is 2. The summed E-state index contributed by atoms with van der Waals surface area (Å²) in [5, 5.41) is 3.65. The van der Waals surface area contributed by atoms with Crippen molar-refractivity contribution in [3.8, 4) is 10.7 Å². The van der Waals surface area contributed by atoms with E-state index >= 15 is 0 Å². The largest absolute Gasteiger partial charge is 0.322 e. The molecule has 0 spiro atoms. The summed E-state index contributed by atoms with van der Waals surface area (Å²) >= 11 is 4.92. The van der Waals surface area contributed by atoms with E-state index in [-0.39, 0.29) is 5.91 Å². The quantitative estimate of drug-likeness (QED) is 0.494. The number of thiazole rings is 1. The van der Waals surface area contributed by atoms with E-state index in [2.05, 4.69) is 31.2 Å². The third kappa shape index (κ3) is 3.31. The van der Waals surface area contributed by atoms with Crippen LogP contribution in [0.3, 0.4) is 0 Å². The zero-order valence-electron chi connectivity index (χ0n) is 12.9. The fourth-order valence-corrected chi connectivity index (χ4v) is 3.70. The van der Waals surface area contributed by atoms with Gasteiger partial charge in [-0.05, 0) is 48.5 Å². The van der Waals surface area contributed by atoms with E-state index in [1.165, 1.54) is 11.3 Å². The number of hydrogen-bond acceptors (Lipinski definition) is 4. The number of rotatable bonds is 3. The first-order valence-electron chi connectivity index (χ1n) is 7.58. The van der Waals surface area contributed by atoms with Crippen LogP contribution in [-0.2, 0) is 0 Å². The summed E-state index contributed by atoms with van der Waals surface area (Å²) in [6, 6.07) is 18.9. The van der Waals surface area contributed by atoms with Gasteiger partial charge in [-0.2, -0.15) is 0 Å². The topological polar surface area (TPSA) is 54.9 Å². The molecule has 2 heterocycles. The molecular formula is C19H12BrN3OS. The van der Waals surface area contributed by atoms with Crippen molar-refractivity contribution in [2.45, 2.75) is 0 Å². The van der Waals surface area contributed by atoms with Gasteiger partial charge in [0, 0.05) is 16.4 Å². The number of carbonyl (C=O) groups is 1. The summed E-state index contributed by atoms with van der Waals surface area (Å²) in [6.07, 6.45) is 1.68. The lowest BCUT2D eigenvalue weighted by Gasteiger charge is -2.08. The zero-order chi connectivity index (χ0) is 17.2. The molecule has 1 amide bonds. The summed E-state index contributed by atoms with van der Waals surface area (Å²) in [5.74, 6) is -0.204. The number of anilines is 1. The number of hydrogen-bond donors (Lipinski definition) is 1. The van der Waals surface area contributed by atoms with Crippen LogP contribution in [0.25, 0.3) is 20.9 Å². The average Bonchev–Trinajstić information content (AvgIpc) is 3.07. The monoisotopic (exact) mass is 409 g/mol. The molecule has 0 aliphatic heterocycles. The van der Waals surface area contributed by atoms with Crippen LogP contribution in [0.4, 0.5) is 5.69 Å². The van der Waals surface area contributed by atoms with Crippen LogP contribution in [0.5, 0.6) is 0 Å². The highest BCUT2D eigenvalue weighted by Crippen LogP contribution is 2.31. The highest BCUT2D eigenvalue weighted by Gasteiger charge is 2.17. The smallest absolute Gasteiger partial charge is 0.257 e. The number of amides is 1. The summed E-state index contributed by atoms with van der Waals surface area (Å²) < 4.78 is 2.03. The molecule has 25 heavy (non-hydrogen) atoms. The second-order valence-corrected chi connectivity index (χ2v) is 7.29. The second-order valence-electron chi connectivity index (χ2n) is 5.35. The first kappa shape index (κ1) is 15.9. The minimum Gasteiger partial charge on any atom is -0.322 e. The molecular weight excluding hydrogens is 398 g/mol. The van der Waals surface area contributed by atoms with Crippen molar-refractivity contribution >= 4 is 49.1 Å². The molecule has 4 nitrogen and oxygen atoms in total. The fraction of sp³-hybridized carbons (Fsp3) is 0. The Balaban J connectivity index is 1.70. The van der Waals surface area contributed by atoms with Gasteiger partial charge >= 0.3 is 0 Å². The Labute approximate surface area is 156 Å². The summed E-state index contributed by atoms with van der Waals surface area (Å²) in [5.41, 5.74) is 2.74. The predicted octanol–water partition coefficient (Wildman–Crippen LogP) is 5.37. The van der Waals surface area contributed by atoms with Crippen molar-refractivity contribution in [3.63, 3.8) is 0 Å². The molecule has 0 atom stereocenters. The van der Waals surface area contributed by atoms with Gasteiger partial charge in [-0.25, -0.2) is 4.98 Å². The van der Waals surface area contributed by atoms with Crippen LogP contribution in [-0.4, -0.2) is 15.9 Å². The minimum absolute atomic E-state index is 0.204. The van der Waals surface area contributed by atoms with E-state index in [9.17, 15) is 4.79 Å². The Morgan fingerprint density at radius 1 is 1.00 bits per heavy atom. The maximum atomic E-state index is 12.7. The van der Waals surface area contributed by atoms with Crippen molar-refractivity contribution in [1.82, 2.24) is 9.97 Å². The van der Waals surface area contributed by atoms with Crippen molar-refractivity contribution < 1.29 is 4.79 Å². The number of nitrogens with one attached hydrogen (secondary N) is 1. The number of pyridine rings is 1. The number of halogens is 1. The Morgan fingerprint density at radius 2 is 1.80 bits per heavy atom. The molecule has 0 aliphatic carbocycles. The molecule has 0 unspecified atom stereocenters. The van der Waals surface area contributed by atoms with E-state index < -0.39 is 0 Å². The second kappa shape index (κ2) is 6.74. The highest BCUT2D eigenvalue weighted by atomic mass is 79.9. The lowest BCUT2D eigenvalue weighted by atomic mass is 10.1. The van der Waals surface area contributed by atoms with E-state index in [1.54, 1.807) is 18.3 Å². The Kier molecular flexibility index (Phi) is 4.29. The molecule has 0 saturated heterocycles. The van der Waals surface area contributed by atoms with Gasteiger partial charge in [0.15, 0.2) is 0 Å². The number of fused-ring (bicyclic) bond motifs is 1. The van der Waals surface area contributed by atoms with Gasteiger partial charge in [0.25, 0.3) is 5.91 Å². The van der Waals surface area contributed by atoms with Crippen LogP contribution in [0, 0.1) is 0 Å². The number of aromatic nitrogens is 2. The van der Waals surface area contributed by atoms with Crippen molar-refractivity contribution in [3.05, 3.63) is 76.9 Å². The molecule has 122 valence electrons. The van der Waals surface area contributed by atoms with Gasteiger partial charge in [-0.1, -0.05) is 28.1 Å². The molecule has 4 aromatic rings. The molecule has 0 saturated carbocycles. The summed E-state index contributed by atoms with van der Waals surface area (Å²) in [6.45, 7) is 0. The van der Waals surface area contributed by atoms with Gasteiger partial charge in [0.05, 0.1) is 15.8 Å². The number of benzene rings is 2. The van der Waals surface area contributed by atoms with Crippen LogP contribution in [0.1, 0.15) is 10.4 Å². The van der Waals surface area contributed by atoms with Gasteiger partial charge in [-0.3, -0.25) is 9.78 Å². The molecule has 0 bridgehead atoms. The van der Waals surface area contributed by atoms with Crippen LogP contribution in [0.2, 0.25) is 0 Å². The summed E-state index contributed by atoms with van der Waals surface area (Å²) in [7, 11) is 0. The third-order valence-corrected chi connectivity index (χ3v) is 5.22. The summed E-state index contributed by atoms with van der Waals surface area (Å²) in [4.78, 5) is 21.7. The average molecular weight is 410 g/mol. The first-order valence-corrected chi connectivity index (χ1v) is 9.19. The van der Waals surface area contributed by atoms with E-state index in [0.717, 1.165) is 25.4 Å². The van der Waals surface area contributed by atoms with Crippen molar-refractivity contribution in [2.75, 3.05) is 5.32 Å². The van der Waals surface area contributed by atoms with Gasteiger partial charge in [0.1, 0.15) is 10.7 Å². The maximum Gasteiger partial charge on any atom is 0.257 e. The third-order valence-electron chi connectivity index (χ3n) is 3.65. The van der Waals surface area contributed by atoms with E-state index in [1.807, 2.05) is 48.5 Å². The standard InChI is InChI=1S/C19H12BrN3OS/c20-12-7-9-13(10-8-12)22-18(24)14-4-3-11-21-17(14)19-23-15-5-1-2-6-16(15)25-19/h1-11H,(H,22,24). The van der Waals surface area contributed by atoms with E-state index in [4.69, 9.17) is 0 Å². The van der Waals surface area contributed by atoms with Gasteiger partial charge in [0.2, 0.25) is 0 Å². The normalized spacial score (nSPS) is 10.8. The Bertz CT molecular complexity index is 1030. The fourth-order valence-electron chi connectivity index (χ4n) is 2.46. The minimum atomic E-state index is -0.204. The maximum absolute atomic E-state index is 12.7. The van der Waals surface area contributed by atoms with Gasteiger partial charge < -0.3 is 5.32 Å². The number of carbonyl (C=O) groups excluding carboxylic acids is 1. The molecule has 6 heteroatoms. The zero-order valence-corrected chi connectivity index (χ0v) is 15.3. The molecule has 0 fully saturated rings. The van der Waals surface area contributed by atoms with Crippen molar-refractivity contribution in [2.24, 2.45) is 0 Å². The SMILES string of the molecule is O=C(Nc1ccc(Br)cc1)c1cccnc1-c1nc2ccccc2s1. The number of para-hydroxylation sites is 1. The lowest BCUT2D eigenvalue weighted by molar-refractivity contribution is 0.102. The molecule has 0 aliphatic rings. The molecule has 0 radical (unpaired) electrons. The van der Waals surface area contributed by atoms with Gasteiger partial charge in [-0.15, -0.1) is 11.3 Å². The first-order chi connectivity index (χ1) is 12.2. The molecule has 2 aromatic heterocycles. The van der Waals surface area contributed by atoms with Crippen LogP contribution >= 0.6 is 27.3 Å². The van der Waals surface area contributed by atoms with Crippen LogP contribution < -0.4 is 5.32 Å². The van der Waals surface area contributed by atoms with Crippen LogP contribution in [0.15, 0.2) is 71.3 Å².